The summed E-state index contributed by atoms with van der Waals surface area (Å²) in [6, 6.07) is 0. The van der Waals surface area contributed by atoms with Crippen molar-refractivity contribution in [2.45, 2.75) is 6.92 Å². The minimum absolute atomic E-state index is 0.706. The Labute approximate surface area is 65.3 Å². The van der Waals surface area contributed by atoms with Crippen molar-refractivity contribution < 1.29 is 4.79 Å². The summed E-state index contributed by atoms with van der Waals surface area (Å²) in [6.45, 7) is 1.76. The van der Waals surface area contributed by atoms with E-state index in [-0.39, 0.29) is 0 Å². The van der Waals surface area contributed by atoms with Gasteiger partial charge in [-0.25, -0.2) is 0 Å². The molecule has 0 bridgehead atoms. The number of carbonyl (C=O) groups excluding carboxylic acids is 1. The molecule has 0 N–H and O–H groups in total. The number of allylic oxidation sites excluding steroid dienone is 1. The number of aromatic nitrogens is 2. The molecule has 0 spiro atoms. The molecule has 0 aromatic carbocycles. The largest absolute Gasteiger partial charge is 0.298 e. The first-order valence-electron chi connectivity index (χ1n) is 3.34. The predicted octanol–water partition coefficient (Wildman–Crippen LogP) is 1.02. The van der Waals surface area contributed by atoms with Crippen LogP contribution in [0.2, 0.25) is 0 Å². The first-order valence-corrected chi connectivity index (χ1v) is 3.34. The molecular weight excluding hydrogens is 140 g/mol. The molecule has 3 nitrogen and oxygen atoms in total. The van der Waals surface area contributed by atoms with Crippen LogP contribution in [-0.4, -0.2) is 16.1 Å². The van der Waals surface area contributed by atoms with Crippen LogP contribution in [0, 0.1) is 0 Å². The lowest BCUT2D eigenvalue weighted by molar-refractivity contribution is -0.104. The fourth-order valence-corrected chi connectivity index (χ4v) is 0.812. The average Bonchev–Trinajstić information content (AvgIpc) is 2.35. The van der Waals surface area contributed by atoms with Gasteiger partial charge in [0.15, 0.2) is 0 Å². The molecule has 3 heteroatoms. The highest BCUT2D eigenvalue weighted by Crippen LogP contribution is 2.02. The first-order chi connectivity index (χ1) is 5.22. The first kappa shape index (κ1) is 7.72. The van der Waals surface area contributed by atoms with E-state index in [1.54, 1.807) is 23.9 Å². The second-order valence-electron chi connectivity index (χ2n) is 2.45. The molecule has 0 saturated carbocycles. The minimum atomic E-state index is 0.706. The van der Waals surface area contributed by atoms with Gasteiger partial charge in [-0.15, -0.1) is 0 Å². The molecule has 0 radical (unpaired) electrons. The van der Waals surface area contributed by atoms with Gasteiger partial charge in [0, 0.05) is 18.8 Å². The third-order valence-corrected chi connectivity index (χ3v) is 1.31. The number of nitrogens with zero attached hydrogens (tertiary/aromatic N) is 2. The van der Waals surface area contributed by atoms with Gasteiger partial charge in [-0.3, -0.25) is 9.48 Å². The van der Waals surface area contributed by atoms with Crippen LogP contribution < -0.4 is 0 Å². The van der Waals surface area contributed by atoms with E-state index in [9.17, 15) is 4.79 Å². The molecule has 1 aromatic heterocycles. The van der Waals surface area contributed by atoms with E-state index in [4.69, 9.17) is 0 Å². The molecule has 0 atom stereocenters. The molecule has 58 valence electrons. The highest BCUT2D eigenvalue weighted by Gasteiger charge is 1.91. The Morgan fingerprint density at radius 1 is 1.73 bits per heavy atom. The third kappa shape index (κ3) is 2.04. The van der Waals surface area contributed by atoms with Crippen molar-refractivity contribution in [1.82, 2.24) is 9.78 Å². The molecule has 0 amide bonds. The fraction of sp³-hybridized carbons (Fsp3) is 0.250. The van der Waals surface area contributed by atoms with Crippen LogP contribution in [-0.2, 0) is 11.8 Å². The summed E-state index contributed by atoms with van der Waals surface area (Å²) in [5, 5.41) is 3.96. The van der Waals surface area contributed by atoms with Crippen molar-refractivity contribution >= 4 is 12.4 Å². The molecule has 0 aliphatic heterocycles. The molecule has 1 heterocycles. The number of aldehydes is 1. The summed E-state index contributed by atoms with van der Waals surface area (Å²) in [7, 11) is 1.84. The Bertz CT molecular complexity index is 286. The van der Waals surface area contributed by atoms with Crippen LogP contribution >= 0.6 is 0 Å². The molecule has 0 unspecified atom stereocenters. The summed E-state index contributed by atoms with van der Waals surface area (Å²) in [5.41, 5.74) is 1.66. The summed E-state index contributed by atoms with van der Waals surface area (Å²) in [6.07, 6.45) is 6.19. The zero-order valence-electron chi connectivity index (χ0n) is 6.61. The third-order valence-electron chi connectivity index (χ3n) is 1.31. The van der Waals surface area contributed by atoms with Gasteiger partial charge in [-0.1, -0.05) is 0 Å². The van der Waals surface area contributed by atoms with E-state index < -0.39 is 0 Å². The number of hydrogen-bond donors (Lipinski definition) is 0. The van der Waals surface area contributed by atoms with Gasteiger partial charge in [0.2, 0.25) is 0 Å². The topological polar surface area (TPSA) is 34.9 Å². The lowest BCUT2D eigenvalue weighted by atomic mass is 10.2. The zero-order valence-corrected chi connectivity index (χ0v) is 6.61. The second kappa shape index (κ2) is 3.14. The zero-order chi connectivity index (χ0) is 8.27. The van der Waals surface area contributed by atoms with Gasteiger partial charge in [0.25, 0.3) is 0 Å². The van der Waals surface area contributed by atoms with Gasteiger partial charge in [0.05, 0.1) is 6.20 Å². The number of hydrogen-bond acceptors (Lipinski definition) is 2. The van der Waals surface area contributed by atoms with Gasteiger partial charge < -0.3 is 0 Å². The van der Waals surface area contributed by atoms with E-state index in [0.29, 0.717) is 5.57 Å². The van der Waals surface area contributed by atoms with Crippen LogP contribution in [0.1, 0.15) is 12.5 Å². The van der Waals surface area contributed by atoms with Crippen molar-refractivity contribution in [2.24, 2.45) is 7.05 Å². The van der Waals surface area contributed by atoms with Crippen molar-refractivity contribution in [3.8, 4) is 0 Å². The normalized spacial score (nSPS) is 11.6. The maximum absolute atomic E-state index is 10.2. The maximum Gasteiger partial charge on any atom is 0.145 e. The SMILES string of the molecule is CC(C=O)=Cc1cnn(C)c1. The molecule has 0 aliphatic carbocycles. The highest BCUT2D eigenvalue weighted by molar-refractivity contribution is 5.80. The van der Waals surface area contributed by atoms with Crippen LogP contribution in [0.5, 0.6) is 0 Å². The van der Waals surface area contributed by atoms with Crippen molar-refractivity contribution in [2.75, 3.05) is 0 Å². The lowest BCUT2D eigenvalue weighted by Crippen LogP contribution is -1.84. The molecule has 1 rings (SSSR count). The van der Waals surface area contributed by atoms with Crippen LogP contribution in [0.15, 0.2) is 18.0 Å². The number of carbonyl (C=O) groups is 1. The highest BCUT2D eigenvalue weighted by atomic mass is 16.1. The summed E-state index contributed by atoms with van der Waals surface area (Å²) < 4.78 is 1.70. The molecule has 0 fully saturated rings. The standard InChI is InChI=1S/C8H10N2O/c1-7(6-11)3-8-4-9-10(2)5-8/h3-6H,1-2H3. The Morgan fingerprint density at radius 2 is 2.45 bits per heavy atom. The molecular formula is C8H10N2O. The van der Waals surface area contributed by atoms with Crippen LogP contribution in [0.25, 0.3) is 6.08 Å². The predicted molar refractivity (Wildman–Crippen MR) is 42.9 cm³/mol. The van der Waals surface area contributed by atoms with E-state index in [0.717, 1.165) is 11.8 Å². The van der Waals surface area contributed by atoms with Crippen molar-refractivity contribution in [1.29, 1.82) is 0 Å². The number of rotatable bonds is 2. The van der Waals surface area contributed by atoms with Gasteiger partial charge in [0.1, 0.15) is 6.29 Å². The minimum Gasteiger partial charge on any atom is -0.298 e. The molecule has 1 aromatic rings. The van der Waals surface area contributed by atoms with Crippen molar-refractivity contribution in [3.05, 3.63) is 23.5 Å². The van der Waals surface area contributed by atoms with E-state index in [1.165, 1.54) is 0 Å². The summed E-state index contributed by atoms with van der Waals surface area (Å²) in [5.74, 6) is 0. The molecule has 0 aliphatic rings. The van der Waals surface area contributed by atoms with E-state index in [2.05, 4.69) is 5.10 Å². The number of aryl methyl sites for hydroxylation is 1. The quantitative estimate of drug-likeness (QED) is 0.466. The summed E-state index contributed by atoms with van der Waals surface area (Å²) >= 11 is 0. The molecule has 0 saturated heterocycles. The average molecular weight is 150 g/mol. The van der Waals surface area contributed by atoms with Crippen molar-refractivity contribution in [3.63, 3.8) is 0 Å². The lowest BCUT2D eigenvalue weighted by Gasteiger charge is -1.84. The molecule has 11 heavy (non-hydrogen) atoms. The smallest absolute Gasteiger partial charge is 0.145 e. The van der Waals surface area contributed by atoms with Gasteiger partial charge >= 0.3 is 0 Å². The second-order valence-corrected chi connectivity index (χ2v) is 2.45. The monoisotopic (exact) mass is 150 g/mol. The van der Waals surface area contributed by atoms with Gasteiger partial charge in [-0.05, 0) is 18.6 Å². The fourth-order valence-electron chi connectivity index (χ4n) is 0.812. The Morgan fingerprint density at radius 3 is 2.91 bits per heavy atom. The Kier molecular flexibility index (Phi) is 2.21. The summed E-state index contributed by atoms with van der Waals surface area (Å²) in [4.78, 5) is 10.2. The Hall–Kier alpha value is -1.38. The Balaban J connectivity index is 2.86. The maximum atomic E-state index is 10.2. The van der Waals surface area contributed by atoms with Gasteiger partial charge in [-0.2, -0.15) is 5.10 Å². The van der Waals surface area contributed by atoms with E-state index >= 15 is 0 Å². The van der Waals surface area contributed by atoms with Crippen LogP contribution in [0.3, 0.4) is 0 Å². The van der Waals surface area contributed by atoms with Crippen LogP contribution in [0.4, 0.5) is 0 Å². The van der Waals surface area contributed by atoms with E-state index in [1.807, 2.05) is 13.2 Å².